The van der Waals surface area contributed by atoms with Crippen LogP contribution in [0.2, 0.25) is 0 Å². The summed E-state index contributed by atoms with van der Waals surface area (Å²) in [6, 6.07) is 3.03. The molecule has 16 heavy (non-hydrogen) atoms. The van der Waals surface area contributed by atoms with Gasteiger partial charge in [0.15, 0.2) is 0 Å². The number of halogens is 1. The first-order valence-electron chi connectivity index (χ1n) is 5.43. The van der Waals surface area contributed by atoms with Crippen molar-refractivity contribution < 1.29 is 13.9 Å². The minimum Gasteiger partial charge on any atom is -0.466 e. The summed E-state index contributed by atoms with van der Waals surface area (Å²) in [5.41, 5.74) is 1.17. The van der Waals surface area contributed by atoms with Gasteiger partial charge in [-0.2, -0.15) is 0 Å². The summed E-state index contributed by atoms with van der Waals surface area (Å²) in [4.78, 5) is 15.6. The minimum absolute atomic E-state index is 0.0982. The first-order valence-corrected chi connectivity index (χ1v) is 5.43. The van der Waals surface area contributed by atoms with E-state index in [1.165, 1.54) is 6.07 Å². The number of ether oxygens (including phenoxy) is 1. The molecule has 0 radical (unpaired) electrons. The van der Waals surface area contributed by atoms with Crippen molar-refractivity contribution in [1.82, 2.24) is 4.98 Å². The molecule has 1 aromatic heterocycles. The topological polar surface area (TPSA) is 39.2 Å². The maximum absolute atomic E-state index is 13.5. The van der Waals surface area contributed by atoms with Crippen LogP contribution in [0.3, 0.4) is 0 Å². The Morgan fingerprint density at radius 1 is 1.62 bits per heavy atom. The van der Waals surface area contributed by atoms with Crippen LogP contribution >= 0.6 is 0 Å². The first kappa shape index (κ1) is 11.0. The zero-order chi connectivity index (χ0) is 11.7. The SMILES string of the molecule is CCOC(=O)[C@H]1C[C@@H]1c1nc(C)ccc1F. The first-order chi connectivity index (χ1) is 7.63. The average Bonchev–Trinajstić information content (AvgIpc) is 3.02. The molecular formula is C12H14FNO2. The van der Waals surface area contributed by atoms with Gasteiger partial charge < -0.3 is 4.74 Å². The normalized spacial score (nSPS) is 22.9. The van der Waals surface area contributed by atoms with Gasteiger partial charge in [0, 0.05) is 11.6 Å². The molecule has 0 amide bonds. The smallest absolute Gasteiger partial charge is 0.309 e. The lowest BCUT2D eigenvalue weighted by Crippen LogP contribution is -2.08. The number of hydrogen-bond acceptors (Lipinski definition) is 3. The van der Waals surface area contributed by atoms with Crippen LogP contribution in [0.25, 0.3) is 0 Å². The van der Waals surface area contributed by atoms with Crippen molar-refractivity contribution in [2.24, 2.45) is 5.92 Å². The van der Waals surface area contributed by atoms with E-state index in [1.54, 1.807) is 13.0 Å². The molecule has 1 aromatic rings. The van der Waals surface area contributed by atoms with Gasteiger partial charge in [0.1, 0.15) is 5.82 Å². The van der Waals surface area contributed by atoms with Crippen LogP contribution in [0.4, 0.5) is 4.39 Å². The molecule has 4 heteroatoms. The largest absolute Gasteiger partial charge is 0.466 e. The van der Waals surface area contributed by atoms with Gasteiger partial charge in [0.05, 0.1) is 18.2 Å². The number of pyridine rings is 1. The maximum Gasteiger partial charge on any atom is 0.309 e. The molecule has 0 aromatic carbocycles. The minimum atomic E-state index is -0.331. The van der Waals surface area contributed by atoms with Crippen LogP contribution in [0, 0.1) is 18.7 Å². The Morgan fingerprint density at radius 3 is 3.06 bits per heavy atom. The van der Waals surface area contributed by atoms with E-state index in [2.05, 4.69) is 4.98 Å². The Bertz CT molecular complexity index is 419. The highest BCUT2D eigenvalue weighted by Gasteiger charge is 2.47. The van der Waals surface area contributed by atoms with Crippen molar-refractivity contribution in [2.75, 3.05) is 6.61 Å². The highest BCUT2D eigenvalue weighted by molar-refractivity contribution is 5.77. The second-order valence-electron chi connectivity index (χ2n) is 4.02. The van der Waals surface area contributed by atoms with Gasteiger partial charge in [-0.1, -0.05) is 0 Å². The lowest BCUT2D eigenvalue weighted by Gasteiger charge is -2.03. The lowest BCUT2D eigenvalue weighted by molar-refractivity contribution is -0.144. The summed E-state index contributed by atoms with van der Waals surface area (Å²) >= 11 is 0. The molecule has 2 atom stereocenters. The molecule has 2 rings (SSSR count). The van der Waals surface area contributed by atoms with Gasteiger partial charge in [0.25, 0.3) is 0 Å². The second kappa shape index (κ2) is 4.20. The Morgan fingerprint density at radius 2 is 2.38 bits per heavy atom. The fourth-order valence-electron chi connectivity index (χ4n) is 1.83. The highest BCUT2D eigenvalue weighted by atomic mass is 19.1. The zero-order valence-corrected chi connectivity index (χ0v) is 9.37. The summed E-state index contributed by atoms with van der Waals surface area (Å²) < 4.78 is 18.4. The lowest BCUT2D eigenvalue weighted by atomic mass is 10.2. The van der Waals surface area contributed by atoms with E-state index in [0.29, 0.717) is 18.7 Å². The molecule has 1 heterocycles. The van der Waals surface area contributed by atoms with Gasteiger partial charge in [0.2, 0.25) is 0 Å². The standard InChI is InChI=1S/C12H14FNO2/c1-3-16-12(15)9-6-8(9)11-10(13)5-4-7(2)14-11/h4-5,8-9H,3,6H2,1-2H3/t8-,9-/m0/s1. The predicted molar refractivity (Wildman–Crippen MR) is 56.4 cm³/mol. The predicted octanol–water partition coefficient (Wildman–Crippen LogP) is 2.20. The molecule has 1 aliphatic rings. The number of rotatable bonds is 3. The van der Waals surface area contributed by atoms with E-state index in [4.69, 9.17) is 4.74 Å². The number of carbonyl (C=O) groups is 1. The molecule has 0 saturated heterocycles. The van der Waals surface area contributed by atoms with E-state index in [9.17, 15) is 9.18 Å². The van der Waals surface area contributed by atoms with Crippen molar-refractivity contribution in [3.8, 4) is 0 Å². The number of hydrogen-bond donors (Lipinski definition) is 0. The molecule has 1 saturated carbocycles. The number of aromatic nitrogens is 1. The fourth-order valence-corrected chi connectivity index (χ4v) is 1.83. The van der Waals surface area contributed by atoms with Crippen molar-refractivity contribution >= 4 is 5.97 Å². The molecule has 1 aliphatic carbocycles. The monoisotopic (exact) mass is 223 g/mol. The Hall–Kier alpha value is -1.45. The second-order valence-corrected chi connectivity index (χ2v) is 4.02. The van der Waals surface area contributed by atoms with Crippen LogP contribution in [-0.2, 0) is 9.53 Å². The van der Waals surface area contributed by atoms with Gasteiger partial charge >= 0.3 is 5.97 Å². The van der Waals surface area contributed by atoms with Crippen molar-refractivity contribution in [3.05, 3.63) is 29.3 Å². The van der Waals surface area contributed by atoms with Crippen LogP contribution < -0.4 is 0 Å². The zero-order valence-electron chi connectivity index (χ0n) is 9.37. The number of esters is 1. The van der Waals surface area contributed by atoms with Gasteiger partial charge in [-0.15, -0.1) is 0 Å². The van der Waals surface area contributed by atoms with E-state index in [-0.39, 0.29) is 23.6 Å². The molecular weight excluding hydrogens is 209 g/mol. The van der Waals surface area contributed by atoms with Crippen molar-refractivity contribution in [2.45, 2.75) is 26.2 Å². The van der Waals surface area contributed by atoms with E-state index in [1.807, 2.05) is 6.92 Å². The summed E-state index contributed by atoms with van der Waals surface area (Å²) in [6.45, 7) is 3.94. The van der Waals surface area contributed by atoms with Gasteiger partial charge in [-0.3, -0.25) is 9.78 Å². The van der Waals surface area contributed by atoms with E-state index >= 15 is 0 Å². The third-order valence-corrected chi connectivity index (χ3v) is 2.74. The molecule has 0 bridgehead atoms. The summed E-state index contributed by atoms with van der Waals surface area (Å²) in [7, 11) is 0. The highest BCUT2D eigenvalue weighted by Crippen LogP contribution is 2.48. The summed E-state index contributed by atoms with van der Waals surface area (Å²) in [5.74, 6) is -0.875. The van der Waals surface area contributed by atoms with Gasteiger partial charge in [-0.25, -0.2) is 4.39 Å². The fraction of sp³-hybridized carbons (Fsp3) is 0.500. The quantitative estimate of drug-likeness (QED) is 0.737. The number of carbonyl (C=O) groups excluding carboxylic acids is 1. The third kappa shape index (κ3) is 2.05. The molecule has 0 N–H and O–H groups in total. The van der Waals surface area contributed by atoms with Crippen LogP contribution in [0.5, 0.6) is 0 Å². The number of aryl methyl sites for hydroxylation is 1. The summed E-state index contributed by atoms with van der Waals surface area (Å²) in [5, 5.41) is 0. The van der Waals surface area contributed by atoms with Crippen LogP contribution in [-0.4, -0.2) is 17.6 Å². The van der Waals surface area contributed by atoms with E-state index < -0.39 is 0 Å². The molecule has 1 fully saturated rings. The molecule has 3 nitrogen and oxygen atoms in total. The van der Waals surface area contributed by atoms with Crippen LogP contribution in [0.1, 0.15) is 30.7 Å². The Labute approximate surface area is 93.6 Å². The molecule has 0 spiro atoms. The van der Waals surface area contributed by atoms with Crippen LogP contribution in [0.15, 0.2) is 12.1 Å². The Balaban J connectivity index is 2.11. The van der Waals surface area contributed by atoms with Crippen molar-refractivity contribution in [3.63, 3.8) is 0 Å². The van der Waals surface area contributed by atoms with Crippen molar-refractivity contribution in [1.29, 1.82) is 0 Å². The average molecular weight is 223 g/mol. The maximum atomic E-state index is 13.5. The van der Waals surface area contributed by atoms with E-state index in [0.717, 1.165) is 5.69 Å². The third-order valence-electron chi connectivity index (χ3n) is 2.74. The molecule has 0 aliphatic heterocycles. The molecule has 86 valence electrons. The Kier molecular flexibility index (Phi) is 2.90. The van der Waals surface area contributed by atoms with Gasteiger partial charge in [-0.05, 0) is 32.4 Å². The molecule has 0 unspecified atom stereocenters. The summed E-state index contributed by atoms with van der Waals surface area (Å²) in [6.07, 6.45) is 0.645. The number of nitrogens with zero attached hydrogens (tertiary/aromatic N) is 1.